The van der Waals surface area contributed by atoms with E-state index >= 15 is 0 Å². The minimum absolute atomic E-state index is 0.282. The number of primary amides is 1. The molecule has 1 aliphatic rings. The van der Waals surface area contributed by atoms with Crippen LogP contribution in [0.3, 0.4) is 0 Å². The number of hydrogen-bond donors (Lipinski definition) is 3. The lowest BCUT2D eigenvalue weighted by Gasteiger charge is -2.30. The summed E-state index contributed by atoms with van der Waals surface area (Å²) in [4.78, 5) is 11.3. The van der Waals surface area contributed by atoms with Crippen molar-refractivity contribution >= 4 is 5.91 Å². The fourth-order valence-corrected chi connectivity index (χ4v) is 3.10. The Morgan fingerprint density at radius 1 is 1.25 bits per heavy atom. The van der Waals surface area contributed by atoms with Gasteiger partial charge in [0, 0.05) is 18.7 Å². The molecule has 1 saturated carbocycles. The van der Waals surface area contributed by atoms with E-state index in [9.17, 15) is 9.90 Å². The van der Waals surface area contributed by atoms with Gasteiger partial charge in [-0.1, -0.05) is 31.0 Å². The van der Waals surface area contributed by atoms with Crippen molar-refractivity contribution in [2.45, 2.75) is 32.2 Å². The van der Waals surface area contributed by atoms with Crippen LogP contribution in [0.5, 0.6) is 0 Å². The first-order chi connectivity index (χ1) is 9.72. The molecule has 20 heavy (non-hydrogen) atoms. The number of amides is 1. The molecule has 0 bridgehead atoms. The Morgan fingerprint density at radius 2 is 1.95 bits per heavy atom. The second kappa shape index (κ2) is 7.41. The second-order valence-corrected chi connectivity index (χ2v) is 5.64. The van der Waals surface area contributed by atoms with Gasteiger partial charge in [-0.25, -0.2) is 0 Å². The molecule has 0 aromatic heterocycles. The van der Waals surface area contributed by atoms with Crippen molar-refractivity contribution in [3.05, 3.63) is 35.4 Å². The Kier molecular flexibility index (Phi) is 5.56. The summed E-state index contributed by atoms with van der Waals surface area (Å²) in [6.45, 7) is 1.82. The first-order valence-corrected chi connectivity index (χ1v) is 7.41. The molecular weight excluding hydrogens is 252 g/mol. The van der Waals surface area contributed by atoms with Gasteiger partial charge in [0.05, 0.1) is 0 Å². The maximum absolute atomic E-state index is 11.3. The van der Waals surface area contributed by atoms with Crippen LogP contribution in [-0.4, -0.2) is 24.2 Å². The lowest BCUT2D eigenvalue weighted by Crippen LogP contribution is -2.32. The molecule has 2 unspecified atom stereocenters. The molecule has 1 aromatic rings. The largest absolute Gasteiger partial charge is 0.396 e. The highest BCUT2D eigenvalue weighted by atomic mass is 16.3. The maximum Gasteiger partial charge on any atom is 0.249 e. The summed E-state index contributed by atoms with van der Waals surface area (Å²) >= 11 is 0. The molecule has 1 fully saturated rings. The molecular formula is C16H24N2O2. The van der Waals surface area contributed by atoms with Gasteiger partial charge in [0.2, 0.25) is 5.91 Å². The molecule has 0 saturated heterocycles. The molecule has 1 amide bonds. The number of nitrogens with two attached hydrogens (primary N) is 1. The van der Waals surface area contributed by atoms with Crippen LogP contribution >= 0.6 is 0 Å². The lowest BCUT2D eigenvalue weighted by atomic mass is 9.79. The Morgan fingerprint density at radius 3 is 2.65 bits per heavy atom. The summed E-state index contributed by atoms with van der Waals surface area (Å²) in [5, 5.41) is 12.8. The quantitative estimate of drug-likeness (QED) is 0.740. The molecule has 110 valence electrons. The number of aliphatic hydroxyl groups is 1. The zero-order valence-electron chi connectivity index (χ0n) is 11.8. The van der Waals surface area contributed by atoms with Gasteiger partial charge in [-0.05, 0) is 42.9 Å². The van der Waals surface area contributed by atoms with Crippen LogP contribution in [0.2, 0.25) is 0 Å². The summed E-state index contributed by atoms with van der Waals surface area (Å²) in [6, 6.07) is 7.43. The van der Waals surface area contributed by atoms with Crippen LogP contribution in [0.4, 0.5) is 0 Å². The van der Waals surface area contributed by atoms with Crippen LogP contribution in [0, 0.1) is 11.8 Å². The smallest absolute Gasteiger partial charge is 0.249 e. The molecule has 4 nitrogen and oxygen atoms in total. The first kappa shape index (κ1) is 15.0. The van der Waals surface area contributed by atoms with Crippen molar-refractivity contribution in [2.24, 2.45) is 17.6 Å². The third-order valence-electron chi connectivity index (χ3n) is 4.31. The Labute approximate surface area is 120 Å². The molecule has 2 rings (SSSR count). The van der Waals surface area contributed by atoms with Crippen LogP contribution in [0.25, 0.3) is 0 Å². The average molecular weight is 276 g/mol. The molecule has 0 radical (unpaired) electrons. The maximum atomic E-state index is 11.3. The van der Waals surface area contributed by atoms with Gasteiger partial charge in [0.15, 0.2) is 0 Å². The minimum atomic E-state index is -0.381. The molecule has 1 aromatic carbocycles. The van der Waals surface area contributed by atoms with Crippen LogP contribution in [0.15, 0.2) is 24.3 Å². The van der Waals surface area contributed by atoms with E-state index in [4.69, 9.17) is 5.73 Å². The Hall–Kier alpha value is -1.39. The van der Waals surface area contributed by atoms with Gasteiger partial charge in [0.1, 0.15) is 0 Å². The standard InChI is InChI=1S/C16H24N2O2/c17-16(20)15-8-4-3-6-13(15)10-18-9-12-5-1-2-7-14(12)11-19/h3-4,6,8,12,14,18-19H,1-2,5,7,9-11H2,(H2,17,20). The van der Waals surface area contributed by atoms with Crippen LogP contribution in [0.1, 0.15) is 41.6 Å². The van der Waals surface area contributed by atoms with Crippen LogP contribution in [-0.2, 0) is 6.54 Å². The molecule has 1 aliphatic carbocycles. The predicted octanol–water partition coefficient (Wildman–Crippen LogP) is 1.67. The van der Waals surface area contributed by atoms with E-state index < -0.39 is 0 Å². The highest BCUT2D eigenvalue weighted by Gasteiger charge is 2.23. The van der Waals surface area contributed by atoms with E-state index in [2.05, 4.69) is 5.32 Å². The molecule has 2 atom stereocenters. The highest BCUT2D eigenvalue weighted by molar-refractivity contribution is 5.94. The van der Waals surface area contributed by atoms with Gasteiger partial charge < -0.3 is 16.2 Å². The topological polar surface area (TPSA) is 75.4 Å². The van der Waals surface area contributed by atoms with E-state index in [1.54, 1.807) is 6.07 Å². The normalized spacial score (nSPS) is 22.6. The third kappa shape index (κ3) is 3.81. The SMILES string of the molecule is NC(=O)c1ccccc1CNCC1CCCCC1CO. The molecule has 0 aliphatic heterocycles. The van der Waals surface area contributed by atoms with Crippen molar-refractivity contribution in [2.75, 3.05) is 13.2 Å². The zero-order valence-corrected chi connectivity index (χ0v) is 11.8. The first-order valence-electron chi connectivity index (χ1n) is 7.41. The van der Waals surface area contributed by atoms with Crippen molar-refractivity contribution in [3.8, 4) is 0 Å². The van der Waals surface area contributed by atoms with E-state index in [0.29, 0.717) is 23.9 Å². The number of benzene rings is 1. The Bertz CT molecular complexity index is 448. The predicted molar refractivity (Wildman–Crippen MR) is 79.2 cm³/mol. The minimum Gasteiger partial charge on any atom is -0.396 e. The van der Waals surface area contributed by atoms with Crippen molar-refractivity contribution < 1.29 is 9.90 Å². The summed E-state index contributed by atoms with van der Waals surface area (Å²) in [7, 11) is 0. The molecule has 0 heterocycles. The number of hydrogen-bond acceptors (Lipinski definition) is 3. The van der Waals surface area contributed by atoms with E-state index in [1.807, 2.05) is 18.2 Å². The average Bonchev–Trinajstić information content (AvgIpc) is 2.48. The summed E-state index contributed by atoms with van der Waals surface area (Å²) < 4.78 is 0. The number of carbonyl (C=O) groups is 1. The van der Waals surface area contributed by atoms with Gasteiger partial charge in [0.25, 0.3) is 0 Å². The van der Waals surface area contributed by atoms with Gasteiger partial charge in [-0.15, -0.1) is 0 Å². The highest BCUT2D eigenvalue weighted by Crippen LogP contribution is 2.29. The third-order valence-corrected chi connectivity index (χ3v) is 4.31. The number of rotatable bonds is 6. The fraction of sp³-hybridized carbons (Fsp3) is 0.562. The second-order valence-electron chi connectivity index (χ2n) is 5.64. The fourth-order valence-electron chi connectivity index (χ4n) is 3.10. The van der Waals surface area contributed by atoms with E-state index in [1.165, 1.54) is 19.3 Å². The summed E-state index contributed by atoms with van der Waals surface area (Å²) in [6.07, 6.45) is 4.78. The molecule has 0 spiro atoms. The van der Waals surface area contributed by atoms with Gasteiger partial charge >= 0.3 is 0 Å². The number of aliphatic hydroxyl groups excluding tert-OH is 1. The van der Waals surface area contributed by atoms with Gasteiger partial charge in [-0.2, -0.15) is 0 Å². The number of nitrogens with one attached hydrogen (secondary N) is 1. The Balaban J connectivity index is 1.88. The van der Waals surface area contributed by atoms with Crippen molar-refractivity contribution in [3.63, 3.8) is 0 Å². The summed E-state index contributed by atoms with van der Waals surface area (Å²) in [5.74, 6) is 0.574. The monoisotopic (exact) mass is 276 g/mol. The summed E-state index contributed by atoms with van der Waals surface area (Å²) in [5.41, 5.74) is 6.90. The van der Waals surface area contributed by atoms with E-state index in [-0.39, 0.29) is 12.5 Å². The molecule has 4 heteroatoms. The van der Waals surface area contributed by atoms with Crippen LogP contribution < -0.4 is 11.1 Å². The molecule has 4 N–H and O–H groups in total. The van der Waals surface area contributed by atoms with Gasteiger partial charge in [-0.3, -0.25) is 4.79 Å². The number of carbonyl (C=O) groups excluding carboxylic acids is 1. The van der Waals surface area contributed by atoms with E-state index in [0.717, 1.165) is 18.5 Å². The van der Waals surface area contributed by atoms with Crippen molar-refractivity contribution in [1.29, 1.82) is 0 Å². The zero-order chi connectivity index (χ0) is 14.4. The lowest BCUT2D eigenvalue weighted by molar-refractivity contribution is 0.0999. The van der Waals surface area contributed by atoms with Crippen molar-refractivity contribution in [1.82, 2.24) is 5.32 Å².